The molecule has 9 nitrogen and oxygen atoms in total. The summed E-state index contributed by atoms with van der Waals surface area (Å²) in [6, 6.07) is 14.2. The van der Waals surface area contributed by atoms with Crippen molar-refractivity contribution < 1.29 is 34.1 Å². The summed E-state index contributed by atoms with van der Waals surface area (Å²) >= 11 is 12.0. The zero-order chi connectivity index (χ0) is 26.3. The summed E-state index contributed by atoms with van der Waals surface area (Å²) in [4.78, 5) is 36.9. The maximum atomic E-state index is 12.8. The minimum atomic E-state index is -1.32. The Balaban J connectivity index is 1.31. The van der Waals surface area contributed by atoms with Gasteiger partial charge in [0.1, 0.15) is 24.1 Å². The first-order valence-electron chi connectivity index (χ1n) is 11.2. The molecule has 2 aliphatic rings. The molecule has 0 radical (unpaired) electrons. The van der Waals surface area contributed by atoms with Crippen LogP contribution in [-0.2, 0) is 29.2 Å². The molecule has 3 aromatic rings. The number of hydrogen-bond donors (Lipinski definition) is 3. The lowest BCUT2D eigenvalue weighted by atomic mass is 9.92. The summed E-state index contributed by atoms with van der Waals surface area (Å²) in [6.45, 7) is 0.187. The molecule has 2 heterocycles. The molecule has 37 heavy (non-hydrogen) atoms. The normalized spacial score (nSPS) is 18.2. The van der Waals surface area contributed by atoms with Crippen molar-refractivity contribution in [2.75, 3.05) is 5.32 Å². The van der Waals surface area contributed by atoms with Crippen molar-refractivity contribution in [1.29, 1.82) is 0 Å². The van der Waals surface area contributed by atoms with E-state index in [1.54, 1.807) is 48.5 Å². The highest BCUT2D eigenvalue weighted by molar-refractivity contribution is 6.42. The summed E-state index contributed by atoms with van der Waals surface area (Å²) in [5, 5.41) is 22.6. The number of nitrogens with zero attached hydrogens (tertiary/aromatic N) is 1. The van der Waals surface area contributed by atoms with Crippen molar-refractivity contribution in [2.45, 2.75) is 31.7 Å². The summed E-state index contributed by atoms with van der Waals surface area (Å²) in [6.07, 6.45) is -2.25. The maximum absolute atomic E-state index is 12.8. The van der Waals surface area contributed by atoms with E-state index >= 15 is 0 Å². The number of rotatable bonds is 5. The highest BCUT2D eigenvalue weighted by Crippen LogP contribution is 2.39. The molecule has 11 heteroatoms. The number of hydrogen-bond acceptors (Lipinski definition) is 5. The number of amides is 2. The van der Waals surface area contributed by atoms with Gasteiger partial charge in [-0.3, -0.25) is 9.69 Å². The Kier molecular flexibility index (Phi) is 6.57. The van der Waals surface area contributed by atoms with Crippen molar-refractivity contribution in [1.82, 2.24) is 4.90 Å². The van der Waals surface area contributed by atoms with Crippen LogP contribution in [0.25, 0.3) is 0 Å². The van der Waals surface area contributed by atoms with Gasteiger partial charge in [-0.2, -0.15) is 0 Å². The topological polar surface area (TPSA) is 125 Å². The molecule has 0 spiro atoms. The molecular formula is C26H20Cl2N2O7. The monoisotopic (exact) mass is 542 g/mol. The van der Waals surface area contributed by atoms with E-state index in [0.29, 0.717) is 43.9 Å². The summed E-state index contributed by atoms with van der Waals surface area (Å²) in [7, 11) is 0. The Labute approximate surface area is 221 Å². The van der Waals surface area contributed by atoms with Crippen molar-refractivity contribution in [3.8, 4) is 11.5 Å². The lowest BCUT2D eigenvalue weighted by Gasteiger charge is -2.34. The smallest absolute Gasteiger partial charge is 0.408 e. The van der Waals surface area contributed by atoms with Gasteiger partial charge in [0.05, 0.1) is 22.3 Å². The van der Waals surface area contributed by atoms with Gasteiger partial charge >= 0.3 is 12.1 Å². The number of anilines is 1. The molecule has 2 atom stereocenters. The number of aliphatic carboxylic acids is 1. The molecule has 2 amide bonds. The van der Waals surface area contributed by atoms with Crippen molar-refractivity contribution in [3.05, 3.63) is 86.9 Å². The van der Waals surface area contributed by atoms with Crippen LogP contribution >= 0.6 is 23.2 Å². The van der Waals surface area contributed by atoms with Gasteiger partial charge in [-0.05, 0) is 53.1 Å². The zero-order valence-corrected chi connectivity index (χ0v) is 20.6. The van der Waals surface area contributed by atoms with Crippen LogP contribution < -0.4 is 14.8 Å². The summed E-state index contributed by atoms with van der Waals surface area (Å²) in [5.74, 6) is -0.644. The Hall–Kier alpha value is -3.95. The molecule has 0 unspecified atom stereocenters. The van der Waals surface area contributed by atoms with E-state index in [2.05, 4.69) is 5.32 Å². The van der Waals surface area contributed by atoms with Gasteiger partial charge in [-0.15, -0.1) is 0 Å². The molecule has 0 saturated carbocycles. The molecule has 2 aliphatic heterocycles. The predicted molar refractivity (Wildman–Crippen MR) is 134 cm³/mol. The van der Waals surface area contributed by atoms with Crippen LogP contribution in [0.2, 0.25) is 10.0 Å². The third-order valence-corrected chi connectivity index (χ3v) is 7.01. The largest absolute Gasteiger partial charge is 0.489 e. The number of carboxylic acid groups (broad SMARTS) is 2. The standard InChI is InChI=1S/C26H20Cl2N2O7/c27-18-6-1-13(7-19(18)28)12-36-17-4-2-14(3-5-17)23-24(31)29-20-8-15-9-21(25(32)33)30(26(34)35)11-16(15)10-22(20)37-23/h1-8,10,21,23H,9,11-12H2,(H,29,31)(H,32,33)(H,34,35)/t21-,23+/m0/s1. The molecular weight excluding hydrogens is 523 g/mol. The second-order valence-electron chi connectivity index (χ2n) is 8.68. The van der Waals surface area contributed by atoms with E-state index in [1.807, 2.05) is 6.07 Å². The van der Waals surface area contributed by atoms with E-state index in [1.165, 1.54) is 0 Å². The van der Waals surface area contributed by atoms with Crippen LogP contribution in [0.1, 0.15) is 28.4 Å². The number of halogens is 2. The van der Waals surface area contributed by atoms with Crippen LogP contribution in [0.3, 0.4) is 0 Å². The van der Waals surface area contributed by atoms with Gasteiger partial charge in [0, 0.05) is 12.0 Å². The second-order valence-corrected chi connectivity index (χ2v) is 9.49. The SMILES string of the molecule is O=C1Nc2cc3c(cc2O[C@@H]1c1ccc(OCc2ccc(Cl)c(Cl)c2)cc1)CN(C(=O)O)[C@H](C(=O)O)C3. The Morgan fingerprint density at radius 2 is 1.78 bits per heavy atom. The van der Waals surface area contributed by atoms with Crippen LogP contribution in [-0.4, -0.2) is 39.1 Å². The first-order chi connectivity index (χ1) is 17.7. The van der Waals surface area contributed by atoms with E-state index in [-0.39, 0.29) is 25.5 Å². The van der Waals surface area contributed by atoms with E-state index in [0.717, 1.165) is 10.5 Å². The zero-order valence-electron chi connectivity index (χ0n) is 19.1. The molecule has 5 rings (SSSR count). The number of carbonyl (C=O) groups excluding carboxylic acids is 1. The number of nitrogens with one attached hydrogen (secondary N) is 1. The number of carboxylic acids is 1. The fraction of sp³-hybridized carbons (Fsp3) is 0.192. The quantitative estimate of drug-likeness (QED) is 0.407. The third-order valence-electron chi connectivity index (χ3n) is 6.28. The molecule has 0 saturated heterocycles. The van der Waals surface area contributed by atoms with Gasteiger partial charge in [0.15, 0.2) is 0 Å². The first-order valence-corrected chi connectivity index (χ1v) is 12.0. The first kappa shape index (κ1) is 24.7. The Morgan fingerprint density at radius 3 is 2.46 bits per heavy atom. The predicted octanol–water partition coefficient (Wildman–Crippen LogP) is 5.13. The minimum Gasteiger partial charge on any atom is -0.489 e. The maximum Gasteiger partial charge on any atom is 0.408 e. The van der Waals surface area contributed by atoms with Crippen molar-refractivity contribution in [2.24, 2.45) is 0 Å². The Bertz CT molecular complexity index is 1410. The van der Waals surface area contributed by atoms with Gasteiger partial charge in [0.2, 0.25) is 6.10 Å². The van der Waals surface area contributed by atoms with E-state index < -0.39 is 24.2 Å². The van der Waals surface area contributed by atoms with Gasteiger partial charge in [-0.25, -0.2) is 9.59 Å². The second kappa shape index (κ2) is 9.84. The fourth-order valence-electron chi connectivity index (χ4n) is 4.37. The number of ether oxygens (including phenoxy) is 2. The highest BCUT2D eigenvalue weighted by atomic mass is 35.5. The molecule has 0 bridgehead atoms. The molecule has 0 aliphatic carbocycles. The van der Waals surface area contributed by atoms with Crippen LogP contribution in [0, 0.1) is 0 Å². The molecule has 3 aromatic carbocycles. The van der Waals surface area contributed by atoms with Gasteiger partial charge < -0.3 is 25.0 Å². The molecule has 3 N–H and O–H groups in total. The minimum absolute atomic E-state index is 0.00671. The van der Waals surface area contributed by atoms with Crippen LogP contribution in [0.5, 0.6) is 11.5 Å². The third kappa shape index (κ3) is 5.00. The van der Waals surface area contributed by atoms with Crippen molar-refractivity contribution >= 4 is 46.9 Å². The fourth-order valence-corrected chi connectivity index (χ4v) is 4.69. The molecule has 190 valence electrons. The summed E-state index contributed by atoms with van der Waals surface area (Å²) in [5.41, 5.74) is 3.13. The number of carbonyl (C=O) groups is 3. The summed E-state index contributed by atoms with van der Waals surface area (Å²) < 4.78 is 11.8. The number of benzene rings is 3. The average molecular weight is 543 g/mol. The van der Waals surface area contributed by atoms with Crippen LogP contribution in [0.4, 0.5) is 10.5 Å². The number of fused-ring (bicyclic) bond motifs is 2. The average Bonchev–Trinajstić information content (AvgIpc) is 2.87. The molecule has 0 fully saturated rings. The molecule has 0 aromatic heterocycles. The van der Waals surface area contributed by atoms with Crippen LogP contribution in [0.15, 0.2) is 54.6 Å². The van der Waals surface area contributed by atoms with E-state index in [9.17, 15) is 24.6 Å². The van der Waals surface area contributed by atoms with Gasteiger partial charge in [0.25, 0.3) is 5.91 Å². The van der Waals surface area contributed by atoms with E-state index in [4.69, 9.17) is 32.7 Å². The lowest BCUT2D eigenvalue weighted by Crippen LogP contribution is -2.48. The van der Waals surface area contributed by atoms with Gasteiger partial charge in [-0.1, -0.05) is 41.4 Å². The highest BCUT2D eigenvalue weighted by Gasteiger charge is 2.37. The lowest BCUT2D eigenvalue weighted by molar-refractivity contribution is -0.143. The van der Waals surface area contributed by atoms with Crippen molar-refractivity contribution in [3.63, 3.8) is 0 Å². The Morgan fingerprint density at radius 1 is 1.03 bits per heavy atom.